The van der Waals surface area contributed by atoms with Gasteiger partial charge in [0.25, 0.3) is 0 Å². The highest BCUT2D eigenvalue weighted by Crippen LogP contribution is 2.07. The van der Waals surface area contributed by atoms with Crippen molar-refractivity contribution < 1.29 is 39.3 Å². The molecule has 3 amide bonds. The van der Waals surface area contributed by atoms with Crippen molar-refractivity contribution in [2.45, 2.75) is 56.5 Å². The summed E-state index contributed by atoms with van der Waals surface area (Å²) in [6, 6.07) is 3.23. The number of rotatable bonds is 15. The first-order valence-electron chi connectivity index (χ1n) is 10.8. The van der Waals surface area contributed by atoms with Crippen molar-refractivity contribution in [1.29, 1.82) is 0 Å². The lowest BCUT2D eigenvalue weighted by Gasteiger charge is -2.25. The van der Waals surface area contributed by atoms with Crippen LogP contribution in [0.4, 0.5) is 0 Å². The molecule has 5 atom stereocenters. The Morgan fingerprint density at radius 1 is 0.943 bits per heavy atom. The maximum Gasteiger partial charge on any atom is 0.328 e. The average Bonchev–Trinajstić information content (AvgIpc) is 2.79. The van der Waals surface area contributed by atoms with Crippen molar-refractivity contribution in [3.8, 4) is 0 Å². The van der Waals surface area contributed by atoms with Gasteiger partial charge in [0.2, 0.25) is 17.7 Å². The minimum atomic E-state index is -1.72. The van der Waals surface area contributed by atoms with Crippen LogP contribution in [-0.4, -0.2) is 87.3 Å². The van der Waals surface area contributed by atoms with E-state index in [1.807, 2.05) is 11.6 Å². The largest absolute Gasteiger partial charge is 0.481 e. The summed E-state index contributed by atoms with van der Waals surface area (Å²) in [6.07, 6.45) is -0.0857. The fourth-order valence-corrected chi connectivity index (χ4v) is 3.50. The van der Waals surface area contributed by atoms with Gasteiger partial charge in [0.05, 0.1) is 18.6 Å². The van der Waals surface area contributed by atoms with E-state index in [0.29, 0.717) is 17.7 Å². The Hall–Kier alpha value is -3.16. The normalized spacial score (nSPS) is 15.1. The van der Waals surface area contributed by atoms with E-state index >= 15 is 0 Å². The minimum absolute atomic E-state index is 0.0283. The van der Waals surface area contributed by atoms with Crippen LogP contribution in [0.25, 0.3) is 0 Å². The zero-order valence-corrected chi connectivity index (χ0v) is 20.3. The first-order chi connectivity index (χ1) is 16.5. The first kappa shape index (κ1) is 29.9. The Labute approximate surface area is 207 Å². The number of carboxylic acids is 2. The molecule has 12 nitrogen and oxygen atoms in total. The summed E-state index contributed by atoms with van der Waals surface area (Å²) in [6.45, 7) is 1.13. The molecule has 0 bridgehead atoms. The molecule has 0 spiro atoms. The molecular weight excluding hydrogens is 480 g/mol. The number of hydrogen-bond donors (Lipinski definition) is 7. The highest BCUT2D eigenvalue weighted by molar-refractivity contribution is 7.98. The summed E-state index contributed by atoms with van der Waals surface area (Å²) in [5, 5.41) is 34.8. The first-order valence-corrected chi connectivity index (χ1v) is 12.2. The van der Waals surface area contributed by atoms with Gasteiger partial charge in [0.15, 0.2) is 6.04 Å². The molecule has 13 heteroatoms. The molecule has 0 aliphatic carbocycles. The van der Waals surface area contributed by atoms with Crippen molar-refractivity contribution in [3.63, 3.8) is 0 Å². The van der Waals surface area contributed by atoms with E-state index in [2.05, 4.69) is 10.6 Å². The molecule has 35 heavy (non-hydrogen) atoms. The SMILES string of the molecule is CSCCC(N)C(=O)NC(Cc1ccccc1)C(=O)NC(CC(=O)O)C(=O)NC(C(=O)O)C(C)O. The highest BCUT2D eigenvalue weighted by Gasteiger charge is 2.33. The Kier molecular flexibility index (Phi) is 12.8. The summed E-state index contributed by atoms with van der Waals surface area (Å²) < 4.78 is 0. The molecule has 0 saturated carbocycles. The van der Waals surface area contributed by atoms with Gasteiger partial charge in [-0.05, 0) is 30.9 Å². The lowest BCUT2D eigenvalue weighted by atomic mass is 10.0. The molecule has 0 heterocycles. The topological polar surface area (TPSA) is 208 Å². The molecule has 0 aliphatic heterocycles. The van der Waals surface area contributed by atoms with Crippen LogP contribution in [0.2, 0.25) is 0 Å². The Morgan fingerprint density at radius 2 is 1.51 bits per heavy atom. The molecular formula is C22H32N4O8S. The molecule has 1 aromatic rings. The van der Waals surface area contributed by atoms with Gasteiger partial charge in [0.1, 0.15) is 12.1 Å². The molecule has 0 aliphatic rings. The second-order valence-electron chi connectivity index (χ2n) is 7.86. The van der Waals surface area contributed by atoms with Crippen LogP contribution in [-0.2, 0) is 30.4 Å². The Bertz CT molecular complexity index is 883. The summed E-state index contributed by atoms with van der Waals surface area (Å²) in [4.78, 5) is 60.8. The molecule has 8 N–H and O–H groups in total. The van der Waals surface area contributed by atoms with Gasteiger partial charge in [-0.1, -0.05) is 30.3 Å². The van der Waals surface area contributed by atoms with E-state index in [9.17, 15) is 34.2 Å². The minimum Gasteiger partial charge on any atom is -0.481 e. The third-order valence-electron chi connectivity index (χ3n) is 4.94. The number of carbonyl (C=O) groups is 5. The number of aliphatic carboxylic acids is 2. The molecule has 0 fully saturated rings. The fourth-order valence-electron chi connectivity index (χ4n) is 3.01. The van der Waals surface area contributed by atoms with Crippen LogP contribution >= 0.6 is 11.8 Å². The third-order valence-corrected chi connectivity index (χ3v) is 5.59. The van der Waals surface area contributed by atoms with Gasteiger partial charge in [-0.3, -0.25) is 19.2 Å². The quantitative estimate of drug-likeness (QED) is 0.148. The molecule has 0 aromatic heterocycles. The Balaban J connectivity index is 3.09. The zero-order valence-electron chi connectivity index (χ0n) is 19.5. The van der Waals surface area contributed by atoms with Gasteiger partial charge >= 0.3 is 11.9 Å². The number of nitrogens with one attached hydrogen (secondary N) is 3. The molecule has 0 saturated heterocycles. The number of benzene rings is 1. The van der Waals surface area contributed by atoms with Gasteiger partial charge in [-0.2, -0.15) is 11.8 Å². The van der Waals surface area contributed by atoms with Crippen LogP contribution in [0.5, 0.6) is 0 Å². The highest BCUT2D eigenvalue weighted by atomic mass is 32.2. The van der Waals surface area contributed by atoms with Gasteiger partial charge in [0, 0.05) is 6.42 Å². The van der Waals surface area contributed by atoms with E-state index < -0.39 is 66.4 Å². The number of hydrogen-bond acceptors (Lipinski definition) is 8. The third kappa shape index (κ3) is 10.8. The number of thioether (sulfide) groups is 1. The summed E-state index contributed by atoms with van der Waals surface area (Å²) in [5.41, 5.74) is 6.58. The number of carboxylic acid groups (broad SMARTS) is 2. The summed E-state index contributed by atoms with van der Waals surface area (Å²) in [5.74, 6) is -4.91. The van der Waals surface area contributed by atoms with Crippen LogP contribution in [0.15, 0.2) is 30.3 Å². The standard InChI is InChI=1S/C22H32N4O8S/c1-12(27)18(22(33)34)26-21(32)16(11-17(28)29)25-20(31)15(10-13-6-4-3-5-7-13)24-19(30)14(23)8-9-35-2/h3-7,12,14-16,18,27H,8-11,23H2,1-2H3,(H,24,30)(H,25,31)(H,26,32)(H,28,29)(H,33,34). The number of nitrogens with two attached hydrogens (primary N) is 1. The molecule has 1 rings (SSSR count). The molecule has 194 valence electrons. The van der Waals surface area contributed by atoms with Crippen LogP contribution in [0, 0.1) is 0 Å². The molecule has 1 aromatic carbocycles. The smallest absolute Gasteiger partial charge is 0.328 e. The number of amides is 3. The number of carbonyl (C=O) groups excluding carboxylic acids is 3. The predicted molar refractivity (Wildman–Crippen MR) is 128 cm³/mol. The van der Waals surface area contributed by atoms with Crippen LogP contribution in [0.3, 0.4) is 0 Å². The van der Waals surface area contributed by atoms with Gasteiger partial charge in [-0.25, -0.2) is 4.79 Å². The Morgan fingerprint density at radius 3 is 2.03 bits per heavy atom. The van der Waals surface area contributed by atoms with E-state index in [0.717, 1.165) is 6.92 Å². The van der Waals surface area contributed by atoms with Crippen molar-refractivity contribution in [2.24, 2.45) is 5.73 Å². The number of aliphatic hydroxyl groups is 1. The maximum atomic E-state index is 13.1. The number of aliphatic hydroxyl groups excluding tert-OH is 1. The molecule has 0 radical (unpaired) electrons. The van der Waals surface area contributed by atoms with Crippen molar-refractivity contribution in [2.75, 3.05) is 12.0 Å². The van der Waals surface area contributed by atoms with Gasteiger partial charge < -0.3 is 37.0 Å². The van der Waals surface area contributed by atoms with Crippen molar-refractivity contribution in [1.82, 2.24) is 16.0 Å². The second-order valence-corrected chi connectivity index (χ2v) is 8.85. The average molecular weight is 513 g/mol. The lowest BCUT2D eigenvalue weighted by Crippen LogP contribution is -2.59. The summed E-state index contributed by atoms with van der Waals surface area (Å²) >= 11 is 1.50. The van der Waals surface area contributed by atoms with E-state index in [1.54, 1.807) is 30.3 Å². The monoisotopic (exact) mass is 512 g/mol. The summed E-state index contributed by atoms with van der Waals surface area (Å²) in [7, 11) is 0. The second kappa shape index (κ2) is 15.0. The fraction of sp³-hybridized carbons (Fsp3) is 0.500. The molecule has 5 unspecified atom stereocenters. The van der Waals surface area contributed by atoms with E-state index in [-0.39, 0.29) is 6.42 Å². The van der Waals surface area contributed by atoms with E-state index in [4.69, 9.17) is 10.8 Å². The van der Waals surface area contributed by atoms with Crippen molar-refractivity contribution in [3.05, 3.63) is 35.9 Å². The zero-order chi connectivity index (χ0) is 26.5. The van der Waals surface area contributed by atoms with Crippen LogP contribution < -0.4 is 21.7 Å². The van der Waals surface area contributed by atoms with E-state index in [1.165, 1.54) is 11.8 Å². The van der Waals surface area contributed by atoms with Crippen molar-refractivity contribution >= 4 is 41.4 Å². The van der Waals surface area contributed by atoms with Gasteiger partial charge in [-0.15, -0.1) is 0 Å². The van der Waals surface area contributed by atoms with Crippen LogP contribution in [0.1, 0.15) is 25.3 Å². The predicted octanol–water partition coefficient (Wildman–Crippen LogP) is -1.30. The maximum absolute atomic E-state index is 13.1. The lowest BCUT2D eigenvalue weighted by molar-refractivity contribution is -0.146.